The first-order chi connectivity index (χ1) is 11.5. The number of nitrogens with two attached hydrogens (primary N) is 1. The molecule has 0 atom stereocenters. The maximum atomic E-state index is 12.0. The highest BCUT2D eigenvalue weighted by molar-refractivity contribution is 6.34. The second-order valence-electron chi connectivity index (χ2n) is 5.72. The number of rotatable bonds is 6. The Balaban J connectivity index is 0.00000312. The van der Waals surface area contributed by atoms with Gasteiger partial charge in [-0.25, -0.2) is 0 Å². The van der Waals surface area contributed by atoms with E-state index in [0.717, 1.165) is 12.8 Å². The minimum absolute atomic E-state index is 0. The Hall–Kier alpha value is -1.21. The van der Waals surface area contributed by atoms with Crippen molar-refractivity contribution in [1.82, 2.24) is 10.2 Å². The molecule has 9 heteroatoms. The van der Waals surface area contributed by atoms with Crippen molar-refractivity contribution in [3.8, 4) is 5.75 Å². The number of halogens is 3. The highest BCUT2D eigenvalue weighted by atomic mass is 35.5. The van der Waals surface area contributed by atoms with Crippen LogP contribution in [0.4, 0.5) is 0 Å². The Morgan fingerprint density at radius 1 is 1.20 bits per heavy atom. The fraction of sp³-hybridized carbons (Fsp3) is 0.500. The third-order valence-electron chi connectivity index (χ3n) is 3.91. The summed E-state index contributed by atoms with van der Waals surface area (Å²) in [5, 5.41) is 3.57. The average Bonchev–Trinajstić information content (AvgIpc) is 2.57. The van der Waals surface area contributed by atoms with Crippen LogP contribution in [0.15, 0.2) is 18.2 Å². The summed E-state index contributed by atoms with van der Waals surface area (Å²) in [6.07, 6.45) is 1.70. The summed E-state index contributed by atoms with van der Waals surface area (Å²) >= 11 is 11.9. The molecule has 1 heterocycles. The highest BCUT2D eigenvalue weighted by Gasteiger charge is 2.23. The van der Waals surface area contributed by atoms with Gasteiger partial charge in [-0.2, -0.15) is 0 Å². The summed E-state index contributed by atoms with van der Waals surface area (Å²) in [7, 11) is 0. The molecule has 1 aromatic carbocycles. The molecule has 0 unspecified atom stereocenters. The van der Waals surface area contributed by atoms with Gasteiger partial charge in [-0.05, 0) is 37.0 Å². The van der Waals surface area contributed by atoms with Gasteiger partial charge in [0.2, 0.25) is 11.8 Å². The Labute approximate surface area is 163 Å². The molecule has 2 amide bonds. The number of likely N-dealkylation sites (tertiary alicyclic amines) is 1. The third kappa shape index (κ3) is 7.28. The zero-order valence-corrected chi connectivity index (χ0v) is 16.0. The summed E-state index contributed by atoms with van der Waals surface area (Å²) < 4.78 is 5.75. The maximum Gasteiger partial charge on any atom is 0.241 e. The SMILES string of the molecule is Cl.NCC(=O)NCC(=O)N1CCC(COc2cc(Cl)cc(Cl)c2)CC1. The lowest BCUT2D eigenvalue weighted by Crippen LogP contribution is -2.45. The molecule has 0 bridgehead atoms. The van der Waals surface area contributed by atoms with Gasteiger partial charge in [-0.15, -0.1) is 12.4 Å². The molecule has 140 valence electrons. The Morgan fingerprint density at radius 3 is 2.36 bits per heavy atom. The summed E-state index contributed by atoms with van der Waals surface area (Å²) in [6.45, 7) is 1.75. The van der Waals surface area contributed by atoms with Gasteiger partial charge in [-0.1, -0.05) is 23.2 Å². The average molecular weight is 411 g/mol. The lowest BCUT2D eigenvalue weighted by Gasteiger charge is -2.32. The molecule has 0 spiro atoms. The minimum atomic E-state index is -0.327. The molecular weight excluding hydrogens is 389 g/mol. The number of piperidine rings is 1. The van der Waals surface area contributed by atoms with Crippen molar-refractivity contribution in [3.05, 3.63) is 28.2 Å². The summed E-state index contributed by atoms with van der Waals surface area (Å²) in [4.78, 5) is 24.8. The van der Waals surface area contributed by atoms with E-state index in [4.69, 9.17) is 33.7 Å². The van der Waals surface area contributed by atoms with Gasteiger partial charge in [0.1, 0.15) is 5.75 Å². The number of carbonyl (C=O) groups excluding carboxylic acids is 2. The van der Waals surface area contributed by atoms with Crippen molar-refractivity contribution >= 4 is 47.4 Å². The first-order valence-corrected chi connectivity index (χ1v) is 8.57. The van der Waals surface area contributed by atoms with Crippen LogP contribution in [0.25, 0.3) is 0 Å². The van der Waals surface area contributed by atoms with Crippen LogP contribution in [0.5, 0.6) is 5.75 Å². The molecule has 1 aliphatic heterocycles. The van der Waals surface area contributed by atoms with Crippen LogP contribution in [-0.4, -0.2) is 49.5 Å². The monoisotopic (exact) mass is 409 g/mol. The lowest BCUT2D eigenvalue weighted by molar-refractivity contribution is -0.133. The fourth-order valence-electron chi connectivity index (χ4n) is 2.53. The summed E-state index contributed by atoms with van der Waals surface area (Å²) in [5.74, 6) is 0.602. The van der Waals surface area contributed by atoms with Gasteiger partial charge in [0, 0.05) is 23.1 Å². The molecule has 0 aliphatic carbocycles. The molecule has 1 aromatic rings. The zero-order valence-electron chi connectivity index (χ0n) is 13.7. The number of ether oxygens (including phenoxy) is 1. The second-order valence-corrected chi connectivity index (χ2v) is 6.59. The summed E-state index contributed by atoms with van der Waals surface area (Å²) in [6, 6.07) is 5.11. The molecule has 1 saturated heterocycles. The quantitative estimate of drug-likeness (QED) is 0.752. The van der Waals surface area contributed by atoms with E-state index < -0.39 is 0 Å². The van der Waals surface area contributed by atoms with E-state index >= 15 is 0 Å². The van der Waals surface area contributed by atoms with Crippen molar-refractivity contribution in [2.75, 3.05) is 32.8 Å². The number of nitrogens with zero attached hydrogens (tertiary/aromatic N) is 1. The minimum Gasteiger partial charge on any atom is -0.493 e. The molecule has 0 radical (unpaired) electrons. The predicted octanol–water partition coefficient (Wildman–Crippen LogP) is 2.11. The molecule has 25 heavy (non-hydrogen) atoms. The maximum absolute atomic E-state index is 12.0. The smallest absolute Gasteiger partial charge is 0.241 e. The van der Waals surface area contributed by atoms with Crippen LogP contribution < -0.4 is 15.8 Å². The zero-order chi connectivity index (χ0) is 17.5. The molecule has 6 nitrogen and oxygen atoms in total. The molecule has 2 rings (SSSR count). The number of hydrogen-bond acceptors (Lipinski definition) is 4. The van der Waals surface area contributed by atoms with E-state index in [0.29, 0.717) is 41.4 Å². The van der Waals surface area contributed by atoms with E-state index in [1.807, 2.05) is 0 Å². The third-order valence-corrected chi connectivity index (χ3v) is 4.35. The van der Waals surface area contributed by atoms with Gasteiger partial charge in [-0.3, -0.25) is 9.59 Å². The molecule has 1 aliphatic rings. The number of amides is 2. The Bertz CT molecular complexity index is 573. The molecule has 0 aromatic heterocycles. The second kappa shape index (κ2) is 10.7. The van der Waals surface area contributed by atoms with Crippen LogP contribution in [0, 0.1) is 5.92 Å². The fourth-order valence-corrected chi connectivity index (χ4v) is 3.04. The van der Waals surface area contributed by atoms with Crippen LogP contribution in [0.1, 0.15) is 12.8 Å². The van der Waals surface area contributed by atoms with Crippen molar-refractivity contribution in [2.24, 2.45) is 11.7 Å². The van der Waals surface area contributed by atoms with E-state index in [2.05, 4.69) is 5.32 Å². The van der Waals surface area contributed by atoms with Gasteiger partial charge in [0.05, 0.1) is 19.7 Å². The van der Waals surface area contributed by atoms with Gasteiger partial charge in [0.15, 0.2) is 0 Å². The van der Waals surface area contributed by atoms with Crippen LogP contribution in [0.2, 0.25) is 10.0 Å². The van der Waals surface area contributed by atoms with Gasteiger partial charge in [0.25, 0.3) is 0 Å². The van der Waals surface area contributed by atoms with Crippen molar-refractivity contribution in [1.29, 1.82) is 0 Å². The van der Waals surface area contributed by atoms with E-state index in [9.17, 15) is 9.59 Å². The van der Waals surface area contributed by atoms with Gasteiger partial charge >= 0.3 is 0 Å². The molecular formula is C16H22Cl3N3O3. The summed E-state index contributed by atoms with van der Waals surface area (Å²) in [5.41, 5.74) is 5.19. The molecule has 0 saturated carbocycles. The molecule has 1 fully saturated rings. The topological polar surface area (TPSA) is 84.7 Å². The number of carbonyl (C=O) groups is 2. The standard InChI is InChI=1S/C16H21Cl2N3O3.ClH/c17-12-5-13(18)7-14(6-12)24-10-11-1-3-21(4-2-11)16(23)9-20-15(22)8-19;/h5-7,11H,1-4,8-10,19H2,(H,20,22);1H. The lowest BCUT2D eigenvalue weighted by atomic mass is 9.98. The normalized spacial score (nSPS) is 14.6. The number of hydrogen-bond donors (Lipinski definition) is 2. The first-order valence-electron chi connectivity index (χ1n) is 7.81. The Kier molecular flexibility index (Phi) is 9.35. The van der Waals surface area contributed by atoms with E-state index in [-0.39, 0.29) is 37.3 Å². The van der Waals surface area contributed by atoms with Crippen LogP contribution >= 0.6 is 35.6 Å². The van der Waals surface area contributed by atoms with Crippen LogP contribution in [-0.2, 0) is 9.59 Å². The van der Waals surface area contributed by atoms with Crippen molar-refractivity contribution in [2.45, 2.75) is 12.8 Å². The van der Waals surface area contributed by atoms with Crippen molar-refractivity contribution in [3.63, 3.8) is 0 Å². The predicted molar refractivity (Wildman–Crippen MR) is 101 cm³/mol. The van der Waals surface area contributed by atoms with E-state index in [1.54, 1.807) is 23.1 Å². The van der Waals surface area contributed by atoms with Gasteiger partial charge < -0.3 is 20.7 Å². The Morgan fingerprint density at radius 2 is 1.80 bits per heavy atom. The van der Waals surface area contributed by atoms with Crippen molar-refractivity contribution < 1.29 is 14.3 Å². The largest absolute Gasteiger partial charge is 0.493 e. The highest BCUT2D eigenvalue weighted by Crippen LogP contribution is 2.25. The number of nitrogens with one attached hydrogen (secondary N) is 1. The van der Waals surface area contributed by atoms with Crippen LogP contribution in [0.3, 0.4) is 0 Å². The first kappa shape index (κ1) is 21.8. The number of benzene rings is 1. The molecule has 3 N–H and O–H groups in total. The van der Waals surface area contributed by atoms with E-state index in [1.165, 1.54) is 0 Å².